The Labute approximate surface area is 204 Å². The molecule has 0 bridgehead atoms. The van der Waals surface area contributed by atoms with Crippen LogP contribution >= 0.6 is 34.2 Å². The Morgan fingerprint density at radius 2 is 2.03 bits per heavy atom. The van der Waals surface area contributed by atoms with E-state index in [1.54, 1.807) is 13.2 Å². The van der Waals surface area contributed by atoms with Crippen LogP contribution in [0.3, 0.4) is 0 Å². The van der Waals surface area contributed by atoms with Crippen molar-refractivity contribution in [3.8, 4) is 17.6 Å². The quantitative estimate of drug-likeness (QED) is 0.210. The number of nitrogens with one attached hydrogen (secondary N) is 1. The van der Waals surface area contributed by atoms with E-state index in [9.17, 15) is 5.26 Å². The van der Waals surface area contributed by atoms with E-state index in [1.165, 1.54) is 0 Å². The summed E-state index contributed by atoms with van der Waals surface area (Å²) in [6, 6.07) is 19.5. The first-order valence-electron chi connectivity index (χ1n) is 9.80. The molecule has 7 heteroatoms. The van der Waals surface area contributed by atoms with Crippen LogP contribution in [0, 0.1) is 21.8 Å². The molecule has 0 aliphatic carbocycles. The highest BCUT2D eigenvalue weighted by molar-refractivity contribution is 14.1. The van der Waals surface area contributed by atoms with Crippen LogP contribution in [0.1, 0.15) is 22.5 Å². The summed E-state index contributed by atoms with van der Waals surface area (Å²) in [6.07, 6.45) is 1.78. The van der Waals surface area contributed by atoms with E-state index in [0.717, 1.165) is 31.3 Å². The molecule has 0 unspecified atom stereocenters. The van der Waals surface area contributed by atoms with Crippen LogP contribution in [0.5, 0.6) is 11.5 Å². The standard InChI is InChI=1S/C25H19ClIN3O2/c1-15-7-8-21-22(9-15)30-25(29-21)18(13-28)10-16-11-20(27)24(23(12-16)31-2)32-14-17-5-3-4-6-19(17)26/h3-12H,14H2,1-2H3,(H,29,30)/b18-10-. The van der Waals surface area contributed by atoms with Crippen molar-refractivity contribution in [3.63, 3.8) is 0 Å². The molecule has 5 nitrogen and oxygen atoms in total. The largest absolute Gasteiger partial charge is 0.493 e. The summed E-state index contributed by atoms with van der Waals surface area (Å²) in [5.74, 6) is 1.73. The fourth-order valence-electron chi connectivity index (χ4n) is 3.30. The average molecular weight is 556 g/mol. The van der Waals surface area contributed by atoms with Crippen molar-refractivity contribution in [2.24, 2.45) is 0 Å². The first-order chi connectivity index (χ1) is 15.5. The molecule has 4 rings (SSSR count). The van der Waals surface area contributed by atoms with E-state index >= 15 is 0 Å². The molecule has 4 aromatic rings. The summed E-state index contributed by atoms with van der Waals surface area (Å²) >= 11 is 8.44. The number of halogens is 2. The molecule has 0 atom stereocenters. The molecule has 0 saturated heterocycles. The molecule has 0 fully saturated rings. The fourth-order valence-corrected chi connectivity index (χ4v) is 4.27. The van der Waals surface area contributed by atoms with Gasteiger partial charge in [0.15, 0.2) is 11.5 Å². The predicted molar refractivity (Wildman–Crippen MR) is 136 cm³/mol. The number of nitrogens with zero attached hydrogens (tertiary/aromatic N) is 2. The molecule has 32 heavy (non-hydrogen) atoms. The van der Waals surface area contributed by atoms with Gasteiger partial charge in [-0.15, -0.1) is 0 Å². The predicted octanol–water partition coefficient (Wildman–Crippen LogP) is 6.78. The van der Waals surface area contributed by atoms with Crippen molar-refractivity contribution in [1.29, 1.82) is 5.26 Å². The van der Waals surface area contributed by atoms with E-state index in [-0.39, 0.29) is 0 Å². The molecular formula is C25H19ClIN3O2. The molecule has 0 spiro atoms. The summed E-state index contributed by atoms with van der Waals surface area (Å²) in [4.78, 5) is 7.79. The summed E-state index contributed by atoms with van der Waals surface area (Å²) in [7, 11) is 1.59. The van der Waals surface area contributed by atoms with Crippen LogP contribution in [0.15, 0.2) is 54.6 Å². The first kappa shape index (κ1) is 22.2. The minimum atomic E-state index is 0.322. The SMILES string of the molecule is COc1cc(/C=C(/C#N)c2nc3ccc(C)cc3[nH]2)cc(I)c1OCc1ccccc1Cl. The van der Waals surface area contributed by atoms with Crippen molar-refractivity contribution >= 4 is 56.9 Å². The normalized spacial score (nSPS) is 11.4. The fraction of sp³-hybridized carbons (Fsp3) is 0.120. The number of nitriles is 1. The smallest absolute Gasteiger partial charge is 0.174 e. The van der Waals surface area contributed by atoms with Gasteiger partial charge in [-0.2, -0.15) is 5.26 Å². The van der Waals surface area contributed by atoms with Gasteiger partial charge >= 0.3 is 0 Å². The topological polar surface area (TPSA) is 70.9 Å². The number of hydrogen-bond acceptors (Lipinski definition) is 4. The lowest BCUT2D eigenvalue weighted by Crippen LogP contribution is -2.00. The van der Waals surface area contributed by atoms with Gasteiger partial charge in [0.05, 0.1) is 27.3 Å². The van der Waals surface area contributed by atoms with Crippen molar-refractivity contribution in [1.82, 2.24) is 9.97 Å². The number of fused-ring (bicyclic) bond motifs is 1. The molecule has 1 heterocycles. The Morgan fingerprint density at radius 1 is 1.22 bits per heavy atom. The summed E-state index contributed by atoms with van der Waals surface area (Å²) in [5, 5.41) is 10.4. The van der Waals surface area contributed by atoms with Gasteiger partial charge in [0.1, 0.15) is 18.5 Å². The molecule has 3 aromatic carbocycles. The van der Waals surface area contributed by atoms with Gasteiger partial charge in [0.25, 0.3) is 0 Å². The molecule has 0 aliphatic rings. The molecule has 0 amide bonds. The Hall–Kier alpha value is -3.02. The minimum Gasteiger partial charge on any atom is -0.493 e. The second-order valence-electron chi connectivity index (χ2n) is 7.19. The molecular weight excluding hydrogens is 537 g/mol. The van der Waals surface area contributed by atoms with E-state index in [1.807, 2.05) is 61.5 Å². The van der Waals surface area contributed by atoms with E-state index in [4.69, 9.17) is 21.1 Å². The zero-order chi connectivity index (χ0) is 22.7. The number of imidazole rings is 1. The molecule has 1 aromatic heterocycles. The number of rotatable bonds is 6. The number of methoxy groups -OCH3 is 1. The maximum absolute atomic E-state index is 9.76. The zero-order valence-electron chi connectivity index (χ0n) is 17.4. The number of H-pyrrole nitrogens is 1. The number of aromatic amines is 1. The number of benzene rings is 3. The van der Waals surface area contributed by atoms with Gasteiger partial charge < -0.3 is 14.5 Å². The summed E-state index contributed by atoms with van der Waals surface area (Å²) in [5.41, 5.74) is 4.98. The molecule has 0 saturated carbocycles. The number of hydrogen-bond donors (Lipinski definition) is 1. The Morgan fingerprint density at radius 3 is 2.78 bits per heavy atom. The van der Waals surface area contributed by atoms with Crippen LogP contribution in [0.4, 0.5) is 0 Å². The van der Waals surface area contributed by atoms with E-state index < -0.39 is 0 Å². The molecule has 160 valence electrons. The van der Waals surface area contributed by atoms with E-state index in [2.05, 4.69) is 38.6 Å². The average Bonchev–Trinajstić information content (AvgIpc) is 3.20. The maximum Gasteiger partial charge on any atom is 0.174 e. The Balaban J connectivity index is 1.65. The Bertz CT molecular complexity index is 1370. The lowest BCUT2D eigenvalue weighted by Gasteiger charge is -2.14. The lowest BCUT2D eigenvalue weighted by atomic mass is 10.1. The van der Waals surface area contributed by atoms with Gasteiger partial charge in [-0.05, 0) is 77.0 Å². The number of ether oxygens (including phenoxy) is 2. The second kappa shape index (κ2) is 9.63. The molecule has 0 radical (unpaired) electrons. The van der Waals surface area contributed by atoms with E-state index in [0.29, 0.717) is 34.5 Å². The highest BCUT2D eigenvalue weighted by Gasteiger charge is 2.14. The molecule has 1 N–H and O–H groups in total. The summed E-state index contributed by atoms with van der Waals surface area (Å²) < 4.78 is 12.5. The summed E-state index contributed by atoms with van der Waals surface area (Å²) in [6.45, 7) is 2.34. The highest BCUT2D eigenvalue weighted by atomic mass is 127. The van der Waals surface area contributed by atoms with Gasteiger partial charge in [-0.1, -0.05) is 35.9 Å². The van der Waals surface area contributed by atoms with Crippen LogP contribution in [0.2, 0.25) is 5.02 Å². The third kappa shape index (κ3) is 4.74. The van der Waals surface area contributed by atoms with Crippen molar-refractivity contribution < 1.29 is 9.47 Å². The number of allylic oxidation sites excluding steroid dienone is 1. The van der Waals surface area contributed by atoms with Crippen molar-refractivity contribution in [2.75, 3.05) is 7.11 Å². The lowest BCUT2D eigenvalue weighted by molar-refractivity contribution is 0.282. The van der Waals surface area contributed by atoms with Crippen LogP contribution in [-0.4, -0.2) is 17.1 Å². The Kier molecular flexibility index (Phi) is 6.68. The number of aryl methyl sites for hydroxylation is 1. The van der Waals surface area contributed by atoms with Crippen LogP contribution in [-0.2, 0) is 6.61 Å². The molecule has 0 aliphatic heterocycles. The van der Waals surface area contributed by atoms with Crippen molar-refractivity contribution in [3.05, 3.63) is 85.7 Å². The van der Waals surface area contributed by atoms with Gasteiger partial charge in [0.2, 0.25) is 0 Å². The maximum atomic E-state index is 9.76. The number of aromatic nitrogens is 2. The van der Waals surface area contributed by atoms with Gasteiger partial charge in [-0.3, -0.25) is 0 Å². The van der Waals surface area contributed by atoms with Gasteiger partial charge in [0, 0.05) is 10.6 Å². The minimum absolute atomic E-state index is 0.322. The monoisotopic (exact) mass is 555 g/mol. The highest BCUT2D eigenvalue weighted by Crippen LogP contribution is 2.36. The third-order valence-corrected chi connectivity index (χ3v) is 6.08. The van der Waals surface area contributed by atoms with Crippen LogP contribution in [0.25, 0.3) is 22.7 Å². The van der Waals surface area contributed by atoms with Gasteiger partial charge in [-0.25, -0.2) is 4.98 Å². The van der Waals surface area contributed by atoms with Crippen molar-refractivity contribution in [2.45, 2.75) is 13.5 Å². The second-order valence-corrected chi connectivity index (χ2v) is 8.76. The zero-order valence-corrected chi connectivity index (χ0v) is 20.4. The first-order valence-corrected chi connectivity index (χ1v) is 11.3. The third-order valence-electron chi connectivity index (χ3n) is 4.91. The van der Waals surface area contributed by atoms with Crippen LogP contribution < -0.4 is 9.47 Å².